The summed E-state index contributed by atoms with van der Waals surface area (Å²) in [6, 6.07) is 12.5. The summed E-state index contributed by atoms with van der Waals surface area (Å²) in [4.78, 5) is 25.3. The summed E-state index contributed by atoms with van der Waals surface area (Å²) in [6.45, 7) is 1.84. The van der Waals surface area contributed by atoms with Gasteiger partial charge in [-0.05, 0) is 43.5 Å². The number of methoxy groups -OCH3 is 1. The molecule has 3 rings (SSSR count). The molecule has 0 aromatic heterocycles. The molecule has 1 aliphatic carbocycles. The van der Waals surface area contributed by atoms with Crippen LogP contribution in [0, 0.1) is 12.3 Å². The maximum Gasteiger partial charge on any atom is 0.240 e. The van der Waals surface area contributed by atoms with Crippen LogP contribution < -0.4 is 15.4 Å². The molecule has 25 heavy (non-hydrogen) atoms. The Kier molecular flexibility index (Phi) is 4.68. The van der Waals surface area contributed by atoms with E-state index in [0.29, 0.717) is 35.0 Å². The number of rotatable bonds is 5. The Labute approximate surface area is 151 Å². The average molecular weight is 359 g/mol. The Balaban J connectivity index is 1.77. The number of amides is 2. The molecule has 2 amide bonds. The van der Waals surface area contributed by atoms with Gasteiger partial charge in [0.2, 0.25) is 11.8 Å². The van der Waals surface area contributed by atoms with Gasteiger partial charge in [0.05, 0.1) is 12.8 Å². The van der Waals surface area contributed by atoms with Gasteiger partial charge in [-0.3, -0.25) is 9.59 Å². The van der Waals surface area contributed by atoms with Crippen LogP contribution in [0.25, 0.3) is 0 Å². The van der Waals surface area contributed by atoms with Crippen molar-refractivity contribution in [1.82, 2.24) is 0 Å². The predicted octanol–water partition coefficient (Wildman–Crippen LogP) is 4.01. The predicted molar refractivity (Wildman–Crippen MR) is 98.1 cm³/mol. The van der Waals surface area contributed by atoms with Crippen molar-refractivity contribution in [3.05, 3.63) is 53.1 Å². The molecule has 0 spiro atoms. The molecule has 1 aliphatic rings. The Hall–Kier alpha value is -2.53. The van der Waals surface area contributed by atoms with Crippen LogP contribution in [0.5, 0.6) is 5.75 Å². The van der Waals surface area contributed by atoms with Crippen LogP contribution in [0.3, 0.4) is 0 Å². The lowest BCUT2D eigenvalue weighted by Crippen LogP contribution is -2.35. The summed E-state index contributed by atoms with van der Waals surface area (Å²) < 4.78 is 5.27. The van der Waals surface area contributed by atoms with E-state index in [1.54, 1.807) is 24.3 Å². The summed E-state index contributed by atoms with van der Waals surface area (Å²) in [7, 11) is 1.51. The molecule has 0 aliphatic heterocycles. The molecule has 0 atom stereocenters. The SMILES string of the molecule is COc1cc(Cl)c(C)cc1NC(=O)C1(C(=O)Nc2ccccc2)CC1. The molecule has 0 heterocycles. The summed E-state index contributed by atoms with van der Waals surface area (Å²) in [5.74, 6) is -0.162. The Morgan fingerprint density at radius 1 is 1.08 bits per heavy atom. The zero-order valence-corrected chi connectivity index (χ0v) is 14.8. The molecule has 1 saturated carbocycles. The number of aryl methyl sites for hydroxylation is 1. The molecule has 0 saturated heterocycles. The molecule has 130 valence electrons. The molecular formula is C19H19ClN2O3. The fourth-order valence-electron chi connectivity index (χ4n) is 2.63. The van der Waals surface area contributed by atoms with Gasteiger partial charge >= 0.3 is 0 Å². The van der Waals surface area contributed by atoms with Gasteiger partial charge in [0.25, 0.3) is 0 Å². The van der Waals surface area contributed by atoms with Gasteiger partial charge in [-0.1, -0.05) is 29.8 Å². The molecule has 2 aromatic carbocycles. The molecule has 2 aromatic rings. The number of hydrogen-bond acceptors (Lipinski definition) is 3. The summed E-state index contributed by atoms with van der Waals surface area (Å²) in [5, 5.41) is 6.18. The fraction of sp³-hybridized carbons (Fsp3) is 0.263. The highest BCUT2D eigenvalue weighted by Gasteiger charge is 2.56. The van der Waals surface area contributed by atoms with E-state index in [2.05, 4.69) is 10.6 Å². The molecular weight excluding hydrogens is 340 g/mol. The van der Waals surface area contributed by atoms with E-state index < -0.39 is 5.41 Å². The van der Waals surface area contributed by atoms with E-state index in [4.69, 9.17) is 16.3 Å². The van der Waals surface area contributed by atoms with Gasteiger partial charge in [-0.15, -0.1) is 0 Å². The smallest absolute Gasteiger partial charge is 0.240 e. The van der Waals surface area contributed by atoms with Gasteiger partial charge in [0, 0.05) is 16.8 Å². The summed E-state index contributed by atoms with van der Waals surface area (Å²) in [5.41, 5.74) is 0.963. The third kappa shape index (κ3) is 3.46. The number of hydrogen-bond donors (Lipinski definition) is 2. The van der Waals surface area contributed by atoms with Crippen molar-refractivity contribution in [1.29, 1.82) is 0 Å². The van der Waals surface area contributed by atoms with Crippen LogP contribution in [0.15, 0.2) is 42.5 Å². The highest BCUT2D eigenvalue weighted by molar-refractivity contribution is 6.31. The van der Waals surface area contributed by atoms with Crippen molar-refractivity contribution in [2.45, 2.75) is 19.8 Å². The normalized spacial score (nSPS) is 14.5. The number of ether oxygens (including phenoxy) is 1. The van der Waals surface area contributed by atoms with Crippen molar-refractivity contribution < 1.29 is 14.3 Å². The average Bonchev–Trinajstić information content (AvgIpc) is 3.41. The monoisotopic (exact) mass is 358 g/mol. The van der Waals surface area contributed by atoms with Crippen molar-refractivity contribution in [2.24, 2.45) is 5.41 Å². The Morgan fingerprint density at radius 2 is 1.72 bits per heavy atom. The third-order valence-corrected chi connectivity index (χ3v) is 4.79. The van der Waals surface area contributed by atoms with E-state index in [1.165, 1.54) is 7.11 Å². The van der Waals surface area contributed by atoms with Gasteiger partial charge in [-0.25, -0.2) is 0 Å². The Bertz CT molecular complexity index is 817. The van der Waals surface area contributed by atoms with Crippen LogP contribution in [0.4, 0.5) is 11.4 Å². The molecule has 0 unspecified atom stereocenters. The van der Waals surface area contributed by atoms with Crippen molar-refractivity contribution in [2.75, 3.05) is 17.7 Å². The van der Waals surface area contributed by atoms with Gasteiger partial charge in [0.1, 0.15) is 11.2 Å². The van der Waals surface area contributed by atoms with E-state index in [9.17, 15) is 9.59 Å². The molecule has 2 N–H and O–H groups in total. The lowest BCUT2D eigenvalue weighted by molar-refractivity contribution is -0.131. The van der Waals surface area contributed by atoms with E-state index in [-0.39, 0.29) is 11.8 Å². The molecule has 5 nitrogen and oxygen atoms in total. The van der Waals surface area contributed by atoms with Crippen LogP contribution in [-0.2, 0) is 9.59 Å². The maximum atomic E-state index is 12.7. The minimum atomic E-state index is -1.03. The summed E-state index contributed by atoms with van der Waals surface area (Å²) >= 11 is 6.09. The molecule has 1 fully saturated rings. The quantitative estimate of drug-likeness (QED) is 0.793. The number of anilines is 2. The number of nitrogens with one attached hydrogen (secondary N) is 2. The first-order valence-corrected chi connectivity index (χ1v) is 8.36. The largest absolute Gasteiger partial charge is 0.495 e. The fourth-order valence-corrected chi connectivity index (χ4v) is 2.78. The van der Waals surface area contributed by atoms with Gasteiger partial charge in [-0.2, -0.15) is 0 Å². The molecule has 0 radical (unpaired) electrons. The van der Waals surface area contributed by atoms with E-state index >= 15 is 0 Å². The molecule has 0 bridgehead atoms. The van der Waals surface area contributed by atoms with E-state index in [1.807, 2.05) is 25.1 Å². The van der Waals surface area contributed by atoms with E-state index in [0.717, 1.165) is 5.56 Å². The second kappa shape index (κ2) is 6.76. The third-order valence-electron chi connectivity index (χ3n) is 4.38. The van der Waals surface area contributed by atoms with Gasteiger partial charge < -0.3 is 15.4 Å². The summed E-state index contributed by atoms with van der Waals surface area (Å²) in [6.07, 6.45) is 1.04. The van der Waals surface area contributed by atoms with Crippen LogP contribution in [0.1, 0.15) is 18.4 Å². The first-order valence-electron chi connectivity index (χ1n) is 7.98. The lowest BCUT2D eigenvalue weighted by atomic mass is 10.0. The van der Waals surface area contributed by atoms with Crippen molar-refractivity contribution >= 4 is 34.8 Å². The van der Waals surface area contributed by atoms with Crippen LogP contribution in [0.2, 0.25) is 5.02 Å². The Morgan fingerprint density at radius 3 is 2.32 bits per heavy atom. The zero-order valence-electron chi connectivity index (χ0n) is 14.1. The second-order valence-corrected chi connectivity index (χ2v) is 6.57. The van der Waals surface area contributed by atoms with Crippen LogP contribution in [-0.4, -0.2) is 18.9 Å². The first-order chi connectivity index (χ1) is 12.0. The number of para-hydroxylation sites is 1. The highest BCUT2D eigenvalue weighted by atomic mass is 35.5. The van der Waals surface area contributed by atoms with Crippen molar-refractivity contribution in [3.63, 3.8) is 0 Å². The standard InChI is InChI=1S/C19H19ClN2O3/c1-12-10-15(16(25-2)11-14(12)20)22-18(24)19(8-9-19)17(23)21-13-6-4-3-5-7-13/h3-7,10-11H,8-9H2,1-2H3,(H,21,23)(H,22,24). The maximum absolute atomic E-state index is 12.7. The highest BCUT2D eigenvalue weighted by Crippen LogP contribution is 2.48. The first kappa shape index (κ1) is 17.3. The number of carbonyl (C=O) groups excluding carboxylic acids is 2. The molecule has 6 heteroatoms. The van der Waals surface area contributed by atoms with Crippen molar-refractivity contribution in [3.8, 4) is 5.75 Å². The number of carbonyl (C=O) groups is 2. The van der Waals surface area contributed by atoms with Crippen LogP contribution >= 0.6 is 11.6 Å². The zero-order chi connectivity index (χ0) is 18.0. The topological polar surface area (TPSA) is 67.4 Å². The number of halogens is 1. The lowest BCUT2D eigenvalue weighted by Gasteiger charge is -2.17. The van der Waals surface area contributed by atoms with Gasteiger partial charge in [0.15, 0.2) is 0 Å². The minimum absolute atomic E-state index is 0.291. The minimum Gasteiger partial charge on any atom is -0.495 e. The second-order valence-electron chi connectivity index (χ2n) is 6.16. The number of benzene rings is 2.